The normalized spacial score (nSPS) is 23.3. The van der Waals surface area contributed by atoms with Gasteiger partial charge in [-0.05, 0) is 45.1 Å². The fourth-order valence-corrected chi connectivity index (χ4v) is 3.48. The number of nitrogens with zero attached hydrogens (tertiary/aromatic N) is 2. The van der Waals surface area contributed by atoms with Gasteiger partial charge in [0, 0.05) is 24.7 Å². The van der Waals surface area contributed by atoms with Crippen molar-refractivity contribution < 1.29 is 9.59 Å². The van der Waals surface area contributed by atoms with Crippen LogP contribution in [0.5, 0.6) is 0 Å². The molecule has 2 unspecified atom stereocenters. The number of hydrogen-bond donors (Lipinski definition) is 2. The molecule has 0 aromatic carbocycles. The van der Waals surface area contributed by atoms with Crippen LogP contribution >= 0.6 is 11.3 Å². The Bertz CT molecular complexity index is 544. The number of carbonyl (C=O) groups is 2. The molecule has 0 spiro atoms. The summed E-state index contributed by atoms with van der Waals surface area (Å²) in [5, 5.41) is 8.36. The smallest absolute Gasteiger partial charge is 0.243 e. The van der Waals surface area contributed by atoms with Crippen LogP contribution in [0, 0.1) is 11.8 Å². The zero-order chi connectivity index (χ0) is 16.2. The van der Waals surface area contributed by atoms with Gasteiger partial charge in [0.25, 0.3) is 0 Å². The van der Waals surface area contributed by atoms with E-state index in [1.165, 1.54) is 24.2 Å². The lowest BCUT2D eigenvalue weighted by Crippen LogP contribution is -2.50. The van der Waals surface area contributed by atoms with Gasteiger partial charge in [-0.3, -0.25) is 14.5 Å². The minimum absolute atomic E-state index is 0.00221. The van der Waals surface area contributed by atoms with Crippen LogP contribution in [-0.4, -0.2) is 47.4 Å². The number of piperidine rings is 1. The fraction of sp³-hybridized carbons (Fsp3) is 0.688. The predicted octanol–water partition coefficient (Wildman–Crippen LogP) is 1.71. The Balaban J connectivity index is 1.50. The summed E-state index contributed by atoms with van der Waals surface area (Å²) in [6, 6.07) is -0.252. The van der Waals surface area contributed by atoms with Gasteiger partial charge in [-0.15, -0.1) is 11.3 Å². The van der Waals surface area contributed by atoms with Gasteiger partial charge in [-0.1, -0.05) is 0 Å². The fourth-order valence-electron chi connectivity index (χ4n) is 2.94. The van der Waals surface area contributed by atoms with E-state index in [4.69, 9.17) is 0 Å². The summed E-state index contributed by atoms with van der Waals surface area (Å²) < 4.78 is 0. The van der Waals surface area contributed by atoms with Crippen molar-refractivity contribution in [3.05, 3.63) is 11.6 Å². The highest BCUT2D eigenvalue weighted by atomic mass is 32.1. The molecular formula is C16H24N4O2S. The van der Waals surface area contributed by atoms with Crippen molar-refractivity contribution in [3.8, 4) is 0 Å². The van der Waals surface area contributed by atoms with Crippen LogP contribution < -0.4 is 10.6 Å². The number of amides is 2. The Morgan fingerprint density at radius 2 is 2.26 bits per heavy atom. The van der Waals surface area contributed by atoms with Crippen molar-refractivity contribution in [1.82, 2.24) is 15.2 Å². The van der Waals surface area contributed by atoms with E-state index >= 15 is 0 Å². The first-order valence-corrected chi connectivity index (χ1v) is 9.23. The van der Waals surface area contributed by atoms with Gasteiger partial charge in [0.2, 0.25) is 11.8 Å². The molecule has 1 saturated heterocycles. The molecule has 126 valence electrons. The quantitative estimate of drug-likeness (QED) is 0.829. The van der Waals surface area contributed by atoms with Crippen molar-refractivity contribution >= 4 is 28.3 Å². The molecule has 3 rings (SSSR count). The zero-order valence-electron chi connectivity index (χ0n) is 13.5. The first kappa shape index (κ1) is 16.4. The van der Waals surface area contributed by atoms with Crippen LogP contribution in [-0.2, 0) is 9.59 Å². The second-order valence-corrected chi connectivity index (χ2v) is 7.42. The second-order valence-electron chi connectivity index (χ2n) is 6.53. The van der Waals surface area contributed by atoms with E-state index in [1.807, 2.05) is 12.3 Å². The van der Waals surface area contributed by atoms with Crippen molar-refractivity contribution in [1.29, 1.82) is 0 Å². The minimum atomic E-state index is -0.252. The number of thiazole rings is 1. The highest BCUT2D eigenvalue weighted by Gasteiger charge is 2.31. The third-order valence-corrected chi connectivity index (χ3v) is 5.36. The third kappa shape index (κ3) is 4.51. The Morgan fingerprint density at radius 3 is 2.96 bits per heavy atom. The summed E-state index contributed by atoms with van der Waals surface area (Å²) in [6.07, 6.45) is 6.02. The van der Waals surface area contributed by atoms with Gasteiger partial charge in [0.15, 0.2) is 5.13 Å². The molecule has 0 bridgehead atoms. The molecule has 6 nitrogen and oxygen atoms in total. The van der Waals surface area contributed by atoms with Crippen molar-refractivity contribution in [3.63, 3.8) is 0 Å². The molecule has 2 N–H and O–H groups in total. The largest absolute Gasteiger partial charge is 0.356 e. The zero-order valence-corrected chi connectivity index (χ0v) is 14.3. The van der Waals surface area contributed by atoms with Crippen molar-refractivity contribution in [2.24, 2.45) is 11.8 Å². The van der Waals surface area contributed by atoms with E-state index in [0.29, 0.717) is 17.6 Å². The number of rotatable bonds is 6. The standard InChI is InChI=1S/C16H24N4O2S/c1-11(14(21)19-16-17-6-8-23-16)20-7-2-3-13(10-20)15(22)18-9-12-4-5-12/h6,8,11-13H,2-5,7,9-10H2,1H3,(H,18,22)(H,17,19,21). The molecule has 1 aliphatic heterocycles. The molecule has 2 aliphatic rings. The Hall–Kier alpha value is -1.47. The summed E-state index contributed by atoms with van der Waals surface area (Å²) in [6.45, 7) is 4.23. The molecule has 2 fully saturated rings. The molecule has 1 aromatic rings. The monoisotopic (exact) mass is 336 g/mol. The lowest BCUT2D eigenvalue weighted by atomic mass is 9.96. The van der Waals surface area contributed by atoms with E-state index < -0.39 is 0 Å². The number of nitrogens with one attached hydrogen (secondary N) is 2. The highest BCUT2D eigenvalue weighted by Crippen LogP contribution is 2.28. The van der Waals surface area contributed by atoms with Crippen molar-refractivity contribution in [2.45, 2.75) is 38.6 Å². The molecular weight excluding hydrogens is 312 g/mol. The van der Waals surface area contributed by atoms with Gasteiger partial charge in [0.1, 0.15) is 0 Å². The summed E-state index contributed by atoms with van der Waals surface area (Å²) in [5.41, 5.74) is 0. The minimum Gasteiger partial charge on any atom is -0.356 e. The van der Waals surface area contributed by atoms with E-state index in [0.717, 1.165) is 25.9 Å². The van der Waals surface area contributed by atoms with Gasteiger partial charge in [-0.25, -0.2) is 4.98 Å². The topological polar surface area (TPSA) is 74.3 Å². The molecule has 2 amide bonds. The Kier molecular flexibility index (Phi) is 5.27. The lowest BCUT2D eigenvalue weighted by molar-refractivity contribution is -0.129. The summed E-state index contributed by atoms with van der Waals surface area (Å²) in [4.78, 5) is 30.8. The van der Waals surface area contributed by atoms with Crippen LogP contribution in [0.3, 0.4) is 0 Å². The van der Waals surface area contributed by atoms with Crippen LogP contribution in [0.1, 0.15) is 32.6 Å². The number of carbonyl (C=O) groups excluding carboxylic acids is 2. The molecule has 1 aliphatic carbocycles. The van der Waals surface area contributed by atoms with Gasteiger partial charge in [0.05, 0.1) is 12.0 Å². The third-order valence-electron chi connectivity index (χ3n) is 4.68. The van der Waals surface area contributed by atoms with Crippen LogP contribution in [0.2, 0.25) is 0 Å². The number of hydrogen-bond acceptors (Lipinski definition) is 5. The molecule has 7 heteroatoms. The van der Waals surface area contributed by atoms with E-state index in [2.05, 4.69) is 20.5 Å². The number of aromatic nitrogens is 1. The summed E-state index contributed by atoms with van der Waals surface area (Å²) in [7, 11) is 0. The van der Waals surface area contributed by atoms with Crippen LogP contribution in [0.25, 0.3) is 0 Å². The molecule has 2 atom stereocenters. The first-order valence-electron chi connectivity index (χ1n) is 8.35. The summed E-state index contributed by atoms with van der Waals surface area (Å²) >= 11 is 1.41. The van der Waals surface area contributed by atoms with E-state index in [9.17, 15) is 9.59 Å². The maximum Gasteiger partial charge on any atom is 0.243 e. The lowest BCUT2D eigenvalue weighted by Gasteiger charge is -2.35. The Labute approximate surface area is 140 Å². The maximum absolute atomic E-state index is 12.3. The van der Waals surface area contributed by atoms with Gasteiger partial charge < -0.3 is 10.6 Å². The van der Waals surface area contributed by atoms with Crippen LogP contribution in [0.4, 0.5) is 5.13 Å². The highest BCUT2D eigenvalue weighted by molar-refractivity contribution is 7.13. The summed E-state index contributed by atoms with van der Waals surface area (Å²) in [5.74, 6) is 0.785. The van der Waals surface area contributed by atoms with Crippen LogP contribution in [0.15, 0.2) is 11.6 Å². The van der Waals surface area contributed by atoms with E-state index in [-0.39, 0.29) is 23.8 Å². The maximum atomic E-state index is 12.3. The second kappa shape index (κ2) is 7.40. The number of likely N-dealkylation sites (tertiary alicyclic amines) is 1. The molecule has 1 aromatic heterocycles. The van der Waals surface area contributed by atoms with Gasteiger partial charge in [-0.2, -0.15) is 0 Å². The first-order chi connectivity index (χ1) is 11.1. The van der Waals surface area contributed by atoms with E-state index in [1.54, 1.807) is 6.20 Å². The average Bonchev–Trinajstić information content (AvgIpc) is 3.27. The molecule has 1 saturated carbocycles. The van der Waals surface area contributed by atoms with Crippen molar-refractivity contribution in [2.75, 3.05) is 25.0 Å². The molecule has 0 radical (unpaired) electrons. The SMILES string of the molecule is CC(C(=O)Nc1nccs1)N1CCCC(C(=O)NCC2CC2)C1. The molecule has 2 heterocycles. The number of anilines is 1. The molecule has 23 heavy (non-hydrogen) atoms. The Morgan fingerprint density at radius 1 is 1.43 bits per heavy atom. The van der Waals surface area contributed by atoms with Gasteiger partial charge >= 0.3 is 0 Å². The average molecular weight is 336 g/mol. The predicted molar refractivity (Wildman–Crippen MR) is 90.2 cm³/mol.